The zero-order valence-corrected chi connectivity index (χ0v) is 16.1. The summed E-state index contributed by atoms with van der Waals surface area (Å²) in [6.45, 7) is 15.0. The van der Waals surface area contributed by atoms with Gasteiger partial charge in [-0.2, -0.15) is 0 Å². The van der Waals surface area contributed by atoms with Gasteiger partial charge in [0.15, 0.2) is 5.96 Å². The third-order valence-corrected chi connectivity index (χ3v) is 3.84. The van der Waals surface area contributed by atoms with Crippen LogP contribution in [0.2, 0.25) is 0 Å². The lowest BCUT2D eigenvalue weighted by molar-refractivity contribution is 0.286. The van der Waals surface area contributed by atoms with Crippen molar-refractivity contribution in [3.05, 3.63) is 0 Å². The predicted molar refractivity (Wildman–Crippen MR) is 99.1 cm³/mol. The van der Waals surface area contributed by atoms with Crippen LogP contribution in [0.4, 0.5) is 0 Å². The number of nitrogens with one attached hydrogen (secondary N) is 2. The van der Waals surface area contributed by atoms with Crippen molar-refractivity contribution in [2.45, 2.75) is 59.5 Å². The Morgan fingerprint density at radius 2 is 1.90 bits per heavy atom. The molecule has 0 spiro atoms. The average molecular weight is 396 g/mol. The third-order valence-electron chi connectivity index (χ3n) is 3.84. The van der Waals surface area contributed by atoms with Crippen molar-refractivity contribution in [3.63, 3.8) is 0 Å². The number of hydrogen-bond acceptors (Lipinski definition) is 2. The fourth-order valence-corrected chi connectivity index (χ4v) is 2.03. The first-order valence-corrected chi connectivity index (χ1v) is 7.87. The molecular formula is C15H33IN4. The highest BCUT2D eigenvalue weighted by molar-refractivity contribution is 14.0. The zero-order chi connectivity index (χ0) is 14.3. The van der Waals surface area contributed by atoms with Crippen molar-refractivity contribution in [2.24, 2.45) is 10.9 Å². The summed E-state index contributed by atoms with van der Waals surface area (Å²) in [6.07, 6.45) is 2.75. The first-order valence-electron chi connectivity index (χ1n) is 7.87. The van der Waals surface area contributed by atoms with Crippen LogP contribution >= 0.6 is 24.0 Å². The molecule has 5 heteroatoms. The number of likely N-dealkylation sites (N-methyl/N-ethyl adjacent to an activating group) is 1. The zero-order valence-electron chi connectivity index (χ0n) is 13.8. The summed E-state index contributed by atoms with van der Waals surface area (Å²) < 4.78 is 0. The van der Waals surface area contributed by atoms with E-state index >= 15 is 0 Å². The van der Waals surface area contributed by atoms with Crippen LogP contribution in [0.1, 0.15) is 47.5 Å². The molecule has 0 aliphatic heterocycles. The minimum absolute atomic E-state index is 0. The van der Waals surface area contributed by atoms with Gasteiger partial charge in [0.1, 0.15) is 0 Å². The molecule has 0 saturated heterocycles. The van der Waals surface area contributed by atoms with Gasteiger partial charge in [-0.25, -0.2) is 0 Å². The molecule has 1 aliphatic carbocycles. The van der Waals surface area contributed by atoms with Crippen LogP contribution in [0.3, 0.4) is 0 Å². The second-order valence-corrected chi connectivity index (χ2v) is 5.80. The Balaban J connectivity index is 0.00000361. The molecule has 120 valence electrons. The molecule has 0 amide bonds. The van der Waals surface area contributed by atoms with E-state index in [1.807, 2.05) is 0 Å². The van der Waals surface area contributed by atoms with Crippen molar-refractivity contribution in [1.82, 2.24) is 15.5 Å². The third kappa shape index (κ3) is 7.67. The summed E-state index contributed by atoms with van der Waals surface area (Å²) in [5.74, 6) is 1.57. The highest BCUT2D eigenvalue weighted by Gasteiger charge is 2.27. The molecule has 0 aromatic rings. The molecule has 4 nitrogen and oxygen atoms in total. The molecule has 0 radical (unpaired) electrons. The van der Waals surface area contributed by atoms with Crippen LogP contribution in [0, 0.1) is 5.92 Å². The molecule has 0 aromatic carbocycles. The van der Waals surface area contributed by atoms with Crippen LogP contribution in [-0.4, -0.2) is 49.1 Å². The van der Waals surface area contributed by atoms with Gasteiger partial charge in [-0.15, -0.1) is 24.0 Å². The molecule has 1 rings (SSSR count). The molecule has 1 saturated carbocycles. The molecule has 0 heterocycles. The number of rotatable bonds is 8. The molecule has 20 heavy (non-hydrogen) atoms. The van der Waals surface area contributed by atoms with E-state index in [1.54, 1.807) is 0 Å². The average Bonchev–Trinajstić information content (AvgIpc) is 3.18. The Morgan fingerprint density at radius 1 is 1.25 bits per heavy atom. The van der Waals surface area contributed by atoms with Gasteiger partial charge in [-0.05, 0) is 39.2 Å². The van der Waals surface area contributed by atoms with Gasteiger partial charge in [0, 0.05) is 25.2 Å². The Morgan fingerprint density at radius 3 is 2.35 bits per heavy atom. The number of aliphatic imine (C=N–C) groups is 1. The molecule has 2 N–H and O–H groups in total. The number of guanidine groups is 1. The van der Waals surface area contributed by atoms with Crippen LogP contribution in [-0.2, 0) is 0 Å². The minimum Gasteiger partial charge on any atom is -0.357 e. The summed E-state index contributed by atoms with van der Waals surface area (Å²) in [6, 6.07) is 1.29. The first-order chi connectivity index (χ1) is 9.08. The van der Waals surface area contributed by atoms with E-state index in [-0.39, 0.29) is 24.0 Å². The van der Waals surface area contributed by atoms with E-state index in [0.717, 1.165) is 38.2 Å². The van der Waals surface area contributed by atoms with E-state index in [1.165, 1.54) is 12.8 Å². The highest BCUT2D eigenvalue weighted by atomic mass is 127. The van der Waals surface area contributed by atoms with Crippen molar-refractivity contribution in [3.8, 4) is 0 Å². The van der Waals surface area contributed by atoms with Crippen LogP contribution in [0.25, 0.3) is 0 Å². The minimum atomic E-state index is 0. The molecule has 1 unspecified atom stereocenters. The van der Waals surface area contributed by atoms with E-state index < -0.39 is 0 Å². The first kappa shape index (κ1) is 20.0. The molecule has 0 bridgehead atoms. The van der Waals surface area contributed by atoms with Crippen LogP contribution < -0.4 is 10.6 Å². The molecule has 1 aliphatic rings. The number of hydrogen-bond donors (Lipinski definition) is 2. The second kappa shape index (κ2) is 10.7. The summed E-state index contributed by atoms with van der Waals surface area (Å²) in [5.41, 5.74) is 0. The van der Waals surface area contributed by atoms with Crippen molar-refractivity contribution < 1.29 is 0 Å². The van der Waals surface area contributed by atoms with E-state index in [0.29, 0.717) is 12.0 Å². The lowest BCUT2D eigenvalue weighted by Gasteiger charge is -2.22. The van der Waals surface area contributed by atoms with Gasteiger partial charge >= 0.3 is 0 Å². The lowest BCUT2D eigenvalue weighted by Crippen LogP contribution is -2.44. The SMILES string of the molecule is CCNC(=NCCN(CC)C1CC1)NC(C)C(C)C.I. The quantitative estimate of drug-likeness (QED) is 0.377. The maximum absolute atomic E-state index is 4.69. The van der Waals surface area contributed by atoms with Gasteiger partial charge < -0.3 is 10.6 Å². The Hall–Kier alpha value is -0.0400. The second-order valence-electron chi connectivity index (χ2n) is 5.80. The Kier molecular flexibility index (Phi) is 10.6. The predicted octanol–water partition coefficient (Wildman–Crippen LogP) is 2.69. The Bertz CT molecular complexity index is 277. The summed E-state index contributed by atoms with van der Waals surface area (Å²) in [7, 11) is 0. The fraction of sp³-hybridized carbons (Fsp3) is 0.933. The number of halogens is 1. The van der Waals surface area contributed by atoms with Gasteiger partial charge in [-0.1, -0.05) is 20.8 Å². The van der Waals surface area contributed by atoms with Crippen molar-refractivity contribution in [2.75, 3.05) is 26.2 Å². The number of nitrogens with zero attached hydrogens (tertiary/aromatic N) is 2. The monoisotopic (exact) mass is 396 g/mol. The fourth-order valence-electron chi connectivity index (χ4n) is 2.03. The maximum Gasteiger partial charge on any atom is 0.191 e. The summed E-state index contributed by atoms with van der Waals surface area (Å²) >= 11 is 0. The van der Waals surface area contributed by atoms with E-state index in [4.69, 9.17) is 0 Å². The normalized spacial score (nSPS) is 17.1. The molecule has 1 atom stereocenters. The highest BCUT2D eigenvalue weighted by Crippen LogP contribution is 2.25. The summed E-state index contributed by atoms with van der Waals surface area (Å²) in [5, 5.41) is 6.80. The van der Waals surface area contributed by atoms with Gasteiger partial charge in [0.25, 0.3) is 0 Å². The Labute approximate surface area is 142 Å². The van der Waals surface area contributed by atoms with Crippen LogP contribution in [0.15, 0.2) is 4.99 Å². The lowest BCUT2D eigenvalue weighted by atomic mass is 10.1. The van der Waals surface area contributed by atoms with Gasteiger partial charge in [-0.3, -0.25) is 9.89 Å². The smallest absolute Gasteiger partial charge is 0.191 e. The van der Waals surface area contributed by atoms with E-state index in [9.17, 15) is 0 Å². The maximum atomic E-state index is 4.69. The largest absolute Gasteiger partial charge is 0.357 e. The standard InChI is InChI=1S/C15H32N4.HI/c1-6-16-15(18-13(5)12(3)4)17-10-11-19(7-2)14-8-9-14;/h12-14H,6-11H2,1-5H3,(H2,16,17,18);1H. The van der Waals surface area contributed by atoms with Gasteiger partial charge in [0.2, 0.25) is 0 Å². The van der Waals surface area contributed by atoms with Gasteiger partial charge in [0.05, 0.1) is 6.54 Å². The van der Waals surface area contributed by atoms with E-state index in [2.05, 4.69) is 55.1 Å². The summed E-state index contributed by atoms with van der Waals surface area (Å²) in [4.78, 5) is 7.23. The topological polar surface area (TPSA) is 39.7 Å². The molecule has 1 fully saturated rings. The molecule has 0 aromatic heterocycles. The van der Waals surface area contributed by atoms with Crippen molar-refractivity contribution >= 4 is 29.9 Å². The molecular weight excluding hydrogens is 363 g/mol. The van der Waals surface area contributed by atoms with Crippen LogP contribution in [0.5, 0.6) is 0 Å². The van der Waals surface area contributed by atoms with Crippen molar-refractivity contribution in [1.29, 1.82) is 0 Å².